The molecule has 2 aromatic carbocycles. The van der Waals surface area contributed by atoms with E-state index in [2.05, 4.69) is 26.2 Å². The van der Waals surface area contributed by atoms with Crippen molar-refractivity contribution in [2.24, 2.45) is 0 Å². The smallest absolute Gasteiger partial charge is 0.262 e. The Morgan fingerprint density at radius 3 is 2.77 bits per heavy atom. The summed E-state index contributed by atoms with van der Waals surface area (Å²) in [7, 11) is 0. The number of para-hydroxylation sites is 1. The third-order valence-electron chi connectivity index (χ3n) is 4.47. The summed E-state index contributed by atoms with van der Waals surface area (Å²) in [5, 5.41) is 4.04. The monoisotopic (exact) mass is 489 g/mol. The molecular formula is C22H24BrN3O3S. The van der Waals surface area contributed by atoms with Crippen molar-refractivity contribution < 1.29 is 9.53 Å². The molecule has 0 fully saturated rings. The van der Waals surface area contributed by atoms with Crippen LogP contribution in [0.3, 0.4) is 0 Å². The van der Waals surface area contributed by atoms with Gasteiger partial charge in [-0.3, -0.25) is 14.2 Å². The van der Waals surface area contributed by atoms with E-state index in [0.717, 1.165) is 10.0 Å². The Labute approximate surface area is 188 Å². The summed E-state index contributed by atoms with van der Waals surface area (Å²) in [6.07, 6.45) is 0.704. The van der Waals surface area contributed by atoms with E-state index < -0.39 is 0 Å². The maximum atomic E-state index is 13.0. The minimum absolute atomic E-state index is 0.0896. The molecule has 0 unspecified atom stereocenters. The lowest BCUT2D eigenvalue weighted by molar-refractivity contribution is -0.118. The van der Waals surface area contributed by atoms with Crippen LogP contribution in [0.1, 0.15) is 18.9 Å². The highest BCUT2D eigenvalue weighted by atomic mass is 79.9. The van der Waals surface area contributed by atoms with Crippen LogP contribution >= 0.6 is 27.7 Å². The summed E-state index contributed by atoms with van der Waals surface area (Å²) < 4.78 is 8.00. The second-order valence-electron chi connectivity index (χ2n) is 6.58. The zero-order valence-electron chi connectivity index (χ0n) is 16.8. The van der Waals surface area contributed by atoms with Gasteiger partial charge in [-0.15, -0.1) is 0 Å². The largest absolute Gasteiger partial charge is 0.382 e. The molecule has 1 heterocycles. The van der Waals surface area contributed by atoms with Crippen molar-refractivity contribution in [3.63, 3.8) is 0 Å². The molecule has 6 nitrogen and oxygen atoms in total. The number of rotatable bonds is 10. The van der Waals surface area contributed by atoms with Crippen molar-refractivity contribution in [2.45, 2.75) is 31.6 Å². The van der Waals surface area contributed by atoms with Gasteiger partial charge in [0.2, 0.25) is 5.91 Å². The van der Waals surface area contributed by atoms with Gasteiger partial charge in [0, 0.05) is 30.8 Å². The van der Waals surface area contributed by atoms with Gasteiger partial charge in [-0.1, -0.05) is 58.0 Å². The molecule has 3 rings (SSSR count). The molecule has 8 heteroatoms. The van der Waals surface area contributed by atoms with Gasteiger partial charge in [0.1, 0.15) is 0 Å². The van der Waals surface area contributed by atoms with Crippen molar-refractivity contribution >= 4 is 44.5 Å². The van der Waals surface area contributed by atoms with Crippen LogP contribution < -0.4 is 10.9 Å². The minimum atomic E-state index is -0.112. The Bertz CT molecular complexity index is 1070. The van der Waals surface area contributed by atoms with E-state index in [9.17, 15) is 9.59 Å². The number of hydrogen-bond acceptors (Lipinski definition) is 5. The third kappa shape index (κ3) is 5.93. The predicted molar refractivity (Wildman–Crippen MR) is 124 cm³/mol. The third-order valence-corrected chi connectivity index (χ3v) is 6.22. The zero-order valence-corrected chi connectivity index (χ0v) is 19.2. The fourth-order valence-electron chi connectivity index (χ4n) is 2.94. The van der Waals surface area contributed by atoms with Gasteiger partial charge in [-0.2, -0.15) is 0 Å². The quantitative estimate of drug-likeness (QED) is 0.264. The number of nitrogens with zero attached hydrogens (tertiary/aromatic N) is 2. The number of amides is 1. The zero-order chi connectivity index (χ0) is 21.3. The Hall–Kier alpha value is -2.16. The maximum Gasteiger partial charge on any atom is 0.262 e. The van der Waals surface area contributed by atoms with Crippen molar-refractivity contribution in [3.05, 3.63) is 68.9 Å². The number of halogens is 1. The summed E-state index contributed by atoms with van der Waals surface area (Å²) in [4.78, 5) is 30.0. The normalized spacial score (nSPS) is 11.0. The molecule has 0 radical (unpaired) electrons. The van der Waals surface area contributed by atoms with Gasteiger partial charge in [0.05, 0.1) is 16.7 Å². The van der Waals surface area contributed by atoms with Crippen molar-refractivity contribution in [1.82, 2.24) is 14.9 Å². The van der Waals surface area contributed by atoms with Gasteiger partial charge in [-0.05, 0) is 37.1 Å². The molecule has 0 saturated carbocycles. The van der Waals surface area contributed by atoms with Gasteiger partial charge in [0.25, 0.3) is 5.56 Å². The first-order valence-electron chi connectivity index (χ1n) is 9.80. The summed E-state index contributed by atoms with van der Waals surface area (Å²) in [5.41, 5.74) is 1.56. The van der Waals surface area contributed by atoms with Crippen molar-refractivity contribution in [1.29, 1.82) is 0 Å². The van der Waals surface area contributed by atoms with Crippen LogP contribution in [0.2, 0.25) is 0 Å². The first kappa shape index (κ1) is 22.5. The Morgan fingerprint density at radius 1 is 1.20 bits per heavy atom. The van der Waals surface area contributed by atoms with E-state index in [1.165, 1.54) is 11.8 Å². The molecule has 1 aromatic heterocycles. The fourth-order valence-corrected chi connectivity index (χ4v) is 4.22. The van der Waals surface area contributed by atoms with Gasteiger partial charge < -0.3 is 10.1 Å². The van der Waals surface area contributed by atoms with Crippen LogP contribution in [0, 0.1) is 0 Å². The van der Waals surface area contributed by atoms with E-state index >= 15 is 0 Å². The van der Waals surface area contributed by atoms with Crippen LogP contribution in [-0.2, 0) is 22.6 Å². The van der Waals surface area contributed by atoms with E-state index in [0.29, 0.717) is 48.8 Å². The van der Waals surface area contributed by atoms with Crippen LogP contribution in [0.4, 0.5) is 0 Å². The Morgan fingerprint density at radius 2 is 1.97 bits per heavy atom. The van der Waals surface area contributed by atoms with Crippen LogP contribution in [0.25, 0.3) is 10.9 Å². The lowest BCUT2D eigenvalue weighted by atomic mass is 10.2. The molecule has 1 N–H and O–H groups in total. The number of nitrogens with one attached hydrogen (secondary N) is 1. The van der Waals surface area contributed by atoms with Crippen molar-refractivity contribution in [3.8, 4) is 0 Å². The molecule has 0 bridgehead atoms. The lowest BCUT2D eigenvalue weighted by Crippen LogP contribution is -2.27. The number of carbonyl (C=O) groups is 1. The minimum Gasteiger partial charge on any atom is -0.382 e. The number of benzene rings is 2. The van der Waals surface area contributed by atoms with Crippen LogP contribution in [0.5, 0.6) is 0 Å². The summed E-state index contributed by atoms with van der Waals surface area (Å²) >= 11 is 4.76. The summed E-state index contributed by atoms with van der Waals surface area (Å²) in [6, 6.07) is 15.0. The topological polar surface area (TPSA) is 73.2 Å². The van der Waals surface area contributed by atoms with Gasteiger partial charge >= 0.3 is 0 Å². The maximum absolute atomic E-state index is 13.0. The number of ether oxygens (including phenoxy) is 1. The molecule has 0 atom stereocenters. The van der Waals surface area contributed by atoms with E-state index in [-0.39, 0.29) is 17.2 Å². The number of hydrogen-bond donors (Lipinski definition) is 1. The first-order valence-corrected chi connectivity index (χ1v) is 11.6. The molecule has 158 valence electrons. The molecule has 0 aliphatic heterocycles. The molecule has 1 amide bonds. The molecule has 3 aromatic rings. The number of fused-ring (bicyclic) bond motifs is 1. The second-order valence-corrected chi connectivity index (χ2v) is 8.37. The average molecular weight is 490 g/mol. The summed E-state index contributed by atoms with van der Waals surface area (Å²) in [6.45, 7) is 4.10. The fraction of sp³-hybridized carbons (Fsp3) is 0.318. The van der Waals surface area contributed by atoms with Crippen LogP contribution in [0.15, 0.2) is 63.0 Å². The molecular weight excluding hydrogens is 466 g/mol. The van der Waals surface area contributed by atoms with E-state index in [1.807, 2.05) is 49.4 Å². The lowest BCUT2D eigenvalue weighted by Gasteiger charge is -2.13. The standard InChI is InChI=1S/C22H24BrN3O3S/c1-2-29-13-7-12-26-21(28)17-9-4-6-11-19(17)25-22(26)30-15-20(27)24-14-16-8-3-5-10-18(16)23/h3-6,8-11H,2,7,12-15H2,1H3,(H,24,27). The van der Waals surface area contributed by atoms with E-state index in [4.69, 9.17) is 4.74 Å². The van der Waals surface area contributed by atoms with Gasteiger partial charge in [-0.25, -0.2) is 4.98 Å². The molecule has 0 aliphatic rings. The second kappa shape index (κ2) is 11.3. The van der Waals surface area contributed by atoms with Crippen LogP contribution in [-0.4, -0.2) is 34.4 Å². The molecule has 0 saturated heterocycles. The number of aromatic nitrogens is 2. The number of thioether (sulfide) groups is 1. The van der Waals surface area contributed by atoms with Crippen molar-refractivity contribution in [2.75, 3.05) is 19.0 Å². The SMILES string of the molecule is CCOCCCn1c(SCC(=O)NCc2ccccc2Br)nc2ccccc2c1=O. The number of carbonyl (C=O) groups excluding carboxylic acids is 1. The Balaban J connectivity index is 1.71. The summed E-state index contributed by atoms with van der Waals surface area (Å²) in [5.74, 6) is 0.0692. The highest BCUT2D eigenvalue weighted by molar-refractivity contribution is 9.10. The molecule has 30 heavy (non-hydrogen) atoms. The highest BCUT2D eigenvalue weighted by Gasteiger charge is 2.13. The molecule has 0 aliphatic carbocycles. The highest BCUT2D eigenvalue weighted by Crippen LogP contribution is 2.19. The Kier molecular flexibility index (Phi) is 8.48. The van der Waals surface area contributed by atoms with E-state index in [1.54, 1.807) is 10.6 Å². The molecule has 0 spiro atoms. The average Bonchev–Trinajstić information content (AvgIpc) is 2.76. The predicted octanol–water partition coefficient (Wildman–Crippen LogP) is 3.99. The first-order chi connectivity index (χ1) is 14.6. The van der Waals surface area contributed by atoms with Gasteiger partial charge in [0.15, 0.2) is 5.16 Å².